The first-order valence-corrected chi connectivity index (χ1v) is 9.43. The molecular weight excluding hydrogens is 386 g/mol. The van der Waals surface area contributed by atoms with E-state index in [1.54, 1.807) is 43.8 Å². The number of nitrogens with one attached hydrogen (secondary N) is 1. The second-order valence-corrected chi connectivity index (χ2v) is 6.88. The first-order chi connectivity index (χ1) is 14.2. The Morgan fingerprint density at radius 1 is 1.00 bits per heavy atom. The summed E-state index contributed by atoms with van der Waals surface area (Å²) in [6, 6.07) is 20.1. The highest BCUT2D eigenvalue weighted by Gasteiger charge is 2.25. The van der Waals surface area contributed by atoms with Gasteiger partial charge in [-0.15, -0.1) is 0 Å². The summed E-state index contributed by atoms with van der Waals surface area (Å²) in [5, 5.41) is 0.639. The summed E-state index contributed by atoms with van der Waals surface area (Å²) in [4.78, 5) is 25.2. The minimum atomic E-state index is -0.467. The third-order valence-corrected chi connectivity index (χ3v) is 4.85. The maximum absolute atomic E-state index is 13.2. The van der Waals surface area contributed by atoms with E-state index in [0.717, 1.165) is 11.1 Å². The van der Waals surface area contributed by atoms with Crippen molar-refractivity contribution in [2.75, 3.05) is 7.11 Å². The molecule has 0 spiro atoms. The van der Waals surface area contributed by atoms with E-state index in [0.29, 0.717) is 27.8 Å². The van der Waals surface area contributed by atoms with Gasteiger partial charge in [-0.05, 0) is 29.8 Å². The van der Waals surface area contributed by atoms with Crippen molar-refractivity contribution in [1.82, 2.24) is 15.0 Å². The molecule has 0 aliphatic rings. The number of methoxy groups -OCH3 is 1. The van der Waals surface area contributed by atoms with Crippen LogP contribution in [-0.2, 0) is 4.74 Å². The fourth-order valence-corrected chi connectivity index (χ4v) is 3.30. The highest BCUT2D eigenvalue weighted by atomic mass is 35.5. The highest BCUT2D eigenvalue weighted by molar-refractivity contribution is 6.30. The Balaban J connectivity index is 1.83. The molecule has 2 aromatic carbocycles. The van der Waals surface area contributed by atoms with E-state index >= 15 is 0 Å². The molecule has 6 heteroatoms. The van der Waals surface area contributed by atoms with Crippen molar-refractivity contribution in [3.05, 3.63) is 107 Å². The van der Waals surface area contributed by atoms with Gasteiger partial charge in [0.15, 0.2) is 0 Å². The molecule has 1 N–H and O–H groups in total. The summed E-state index contributed by atoms with van der Waals surface area (Å²) in [5.74, 6) is 0.381. The number of nitrogens with zero attached hydrogens (tertiary/aromatic N) is 2. The average molecular weight is 404 g/mol. The molecule has 0 radical (unpaired) electrons. The lowest BCUT2D eigenvalue weighted by molar-refractivity contribution is 0.103. The van der Waals surface area contributed by atoms with Crippen LogP contribution in [0.1, 0.15) is 33.5 Å². The van der Waals surface area contributed by atoms with Gasteiger partial charge in [-0.1, -0.05) is 54.1 Å². The minimum absolute atomic E-state index is 0.161. The van der Waals surface area contributed by atoms with Crippen LogP contribution in [0.4, 0.5) is 0 Å². The maximum Gasteiger partial charge on any atom is 0.213 e. The van der Waals surface area contributed by atoms with Crippen molar-refractivity contribution >= 4 is 17.4 Å². The largest absolute Gasteiger partial charge is 0.369 e. The van der Waals surface area contributed by atoms with Crippen molar-refractivity contribution in [2.45, 2.75) is 6.10 Å². The fraction of sp³-hybridized carbons (Fsp3) is 0.0870. The Labute approximate surface area is 173 Å². The summed E-state index contributed by atoms with van der Waals surface area (Å²) < 4.78 is 5.69. The van der Waals surface area contributed by atoms with Gasteiger partial charge in [-0.3, -0.25) is 9.78 Å². The third-order valence-electron chi connectivity index (χ3n) is 4.60. The molecule has 2 heterocycles. The number of hydrogen-bond acceptors (Lipinski definition) is 4. The van der Waals surface area contributed by atoms with E-state index in [-0.39, 0.29) is 5.78 Å². The second-order valence-electron chi connectivity index (χ2n) is 6.44. The average Bonchev–Trinajstić information content (AvgIpc) is 3.21. The molecule has 0 amide bonds. The highest BCUT2D eigenvalue weighted by Crippen LogP contribution is 2.30. The van der Waals surface area contributed by atoms with Crippen molar-refractivity contribution in [3.63, 3.8) is 0 Å². The quantitative estimate of drug-likeness (QED) is 0.455. The number of H-pyrrole nitrogens is 1. The molecule has 0 fully saturated rings. The molecule has 0 saturated heterocycles. The molecule has 1 unspecified atom stereocenters. The molecule has 0 aliphatic carbocycles. The summed E-state index contributed by atoms with van der Waals surface area (Å²) in [6.45, 7) is 0. The lowest BCUT2D eigenvalue weighted by atomic mass is 10.0. The SMILES string of the molecule is COC(c1ccc(Cl)cc1)c1nc(C(=O)c2ccccc2)c(-c2ccncc2)[nH]1. The van der Waals surface area contributed by atoms with Crippen LogP contribution in [-0.4, -0.2) is 27.8 Å². The Kier molecular flexibility index (Phi) is 5.51. The van der Waals surface area contributed by atoms with Gasteiger partial charge in [0.2, 0.25) is 5.78 Å². The van der Waals surface area contributed by atoms with E-state index < -0.39 is 6.10 Å². The summed E-state index contributed by atoms with van der Waals surface area (Å²) in [5.41, 5.74) is 3.25. The molecule has 0 saturated carbocycles. The molecule has 0 aliphatic heterocycles. The molecular formula is C23H18ClN3O2. The van der Waals surface area contributed by atoms with Gasteiger partial charge in [0.25, 0.3) is 0 Å². The van der Waals surface area contributed by atoms with E-state index in [2.05, 4.69) is 15.0 Å². The molecule has 5 nitrogen and oxygen atoms in total. The number of carbonyl (C=O) groups is 1. The van der Waals surface area contributed by atoms with Crippen LogP contribution in [0.5, 0.6) is 0 Å². The standard InChI is InChI=1S/C23H18ClN3O2/c1-29-22(17-7-9-18(24)10-8-17)23-26-19(15-11-13-25-14-12-15)20(27-23)21(28)16-5-3-2-4-6-16/h2-14,22H,1H3,(H,26,27). The molecule has 2 aromatic heterocycles. The predicted octanol–water partition coefficient (Wildman–Crippen LogP) is 5.09. The molecule has 4 aromatic rings. The van der Waals surface area contributed by atoms with E-state index in [1.165, 1.54) is 0 Å². The van der Waals surface area contributed by atoms with Gasteiger partial charge in [-0.25, -0.2) is 4.98 Å². The number of aromatic nitrogens is 3. The number of carbonyl (C=O) groups excluding carboxylic acids is 1. The number of imidazole rings is 1. The lowest BCUT2D eigenvalue weighted by Crippen LogP contribution is -2.07. The molecule has 0 bridgehead atoms. The van der Waals surface area contributed by atoms with Crippen LogP contribution in [0, 0.1) is 0 Å². The number of ketones is 1. The van der Waals surface area contributed by atoms with Crippen molar-refractivity contribution in [3.8, 4) is 11.3 Å². The summed E-state index contributed by atoms with van der Waals surface area (Å²) in [6.07, 6.45) is 2.89. The predicted molar refractivity (Wildman–Crippen MR) is 112 cm³/mol. The van der Waals surface area contributed by atoms with Crippen LogP contribution >= 0.6 is 11.6 Å². The van der Waals surface area contributed by atoms with Crippen LogP contribution in [0.25, 0.3) is 11.3 Å². The first kappa shape index (κ1) is 19.1. The Hall–Kier alpha value is -3.28. The second kappa shape index (κ2) is 8.39. The molecule has 1 atom stereocenters. The van der Waals surface area contributed by atoms with Gasteiger partial charge >= 0.3 is 0 Å². The number of halogens is 1. The lowest BCUT2D eigenvalue weighted by Gasteiger charge is -2.13. The van der Waals surface area contributed by atoms with E-state index in [9.17, 15) is 4.79 Å². The summed E-state index contributed by atoms with van der Waals surface area (Å²) >= 11 is 6.01. The topological polar surface area (TPSA) is 67.9 Å². The number of ether oxygens (including phenoxy) is 1. The van der Waals surface area contributed by atoms with Gasteiger partial charge in [0.1, 0.15) is 17.6 Å². The van der Waals surface area contributed by atoms with Crippen molar-refractivity contribution in [1.29, 1.82) is 0 Å². The van der Waals surface area contributed by atoms with Crippen LogP contribution in [0.15, 0.2) is 79.1 Å². The molecule has 144 valence electrons. The zero-order valence-corrected chi connectivity index (χ0v) is 16.4. The summed E-state index contributed by atoms with van der Waals surface area (Å²) in [7, 11) is 1.60. The van der Waals surface area contributed by atoms with Crippen LogP contribution in [0.3, 0.4) is 0 Å². The fourth-order valence-electron chi connectivity index (χ4n) is 3.18. The Morgan fingerprint density at radius 3 is 2.34 bits per heavy atom. The zero-order valence-electron chi connectivity index (χ0n) is 15.7. The smallest absolute Gasteiger partial charge is 0.213 e. The van der Waals surface area contributed by atoms with Crippen LogP contribution < -0.4 is 0 Å². The number of hydrogen-bond donors (Lipinski definition) is 1. The van der Waals surface area contributed by atoms with Crippen molar-refractivity contribution in [2.24, 2.45) is 0 Å². The number of aromatic amines is 1. The zero-order chi connectivity index (χ0) is 20.2. The number of benzene rings is 2. The maximum atomic E-state index is 13.2. The Bertz CT molecular complexity index is 1110. The normalized spacial score (nSPS) is 11.9. The molecule has 4 rings (SSSR count). The van der Waals surface area contributed by atoms with Gasteiger partial charge < -0.3 is 9.72 Å². The van der Waals surface area contributed by atoms with Gasteiger partial charge in [-0.2, -0.15) is 0 Å². The minimum Gasteiger partial charge on any atom is -0.369 e. The van der Waals surface area contributed by atoms with Crippen molar-refractivity contribution < 1.29 is 9.53 Å². The van der Waals surface area contributed by atoms with Crippen LogP contribution in [0.2, 0.25) is 5.02 Å². The van der Waals surface area contributed by atoms with Gasteiger partial charge in [0, 0.05) is 35.7 Å². The number of rotatable bonds is 6. The monoisotopic (exact) mass is 403 g/mol. The Morgan fingerprint density at radius 2 is 1.69 bits per heavy atom. The first-order valence-electron chi connectivity index (χ1n) is 9.05. The van der Waals surface area contributed by atoms with E-state index in [4.69, 9.17) is 16.3 Å². The van der Waals surface area contributed by atoms with E-state index in [1.807, 2.05) is 42.5 Å². The number of pyridine rings is 1. The third kappa shape index (κ3) is 3.97. The van der Waals surface area contributed by atoms with Gasteiger partial charge in [0.05, 0.1) is 5.69 Å². The molecule has 29 heavy (non-hydrogen) atoms.